The fraction of sp³-hybridized carbons (Fsp3) is 0.423. The van der Waals surface area contributed by atoms with Crippen LogP contribution in [0.25, 0.3) is 11.4 Å². The van der Waals surface area contributed by atoms with Gasteiger partial charge in [-0.05, 0) is 55.8 Å². The molecule has 2 aromatic carbocycles. The zero-order valence-corrected chi connectivity index (χ0v) is 24.1. The molecule has 2 aliphatic heterocycles. The summed E-state index contributed by atoms with van der Waals surface area (Å²) in [6, 6.07) is 9.54. The van der Waals surface area contributed by atoms with E-state index in [2.05, 4.69) is 20.4 Å². The Balaban J connectivity index is 1.25. The molecule has 1 atom stereocenters. The largest absolute Gasteiger partial charge is 0.495 e. The molecule has 14 heteroatoms. The predicted molar refractivity (Wildman–Crippen MR) is 149 cm³/mol. The highest BCUT2D eigenvalue weighted by Gasteiger charge is 2.30. The van der Waals surface area contributed by atoms with Crippen LogP contribution in [0.1, 0.15) is 18.7 Å². The van der Waals surface area contributed by atoms with E-state index in [1.54, 1.807) is 24.3 Å². The van der Waals surface area contributed by atoms with Gasteiger partial charge in [0.05, 0.1) is 48.4 Å². The number of nitrogens with one attached hydrogen (secondary N) is 1. The summed E-state index contributed by atoms with van der Waals surface area (Å²) in [4.78, 5) is 19.9. The molecule has 2 saturated heterocycles. The van der Waals surface area contributed by atoms with Crippen molar-refractivity contribution in [2.45, 2.75) is 24.3 Å². The van der Waals surface area contributed by atoms with Crippen molar-refractivity contribution in [2.24, 2.45) is 5.92 Å². The van der Waals surface area contributed by atoms with Crippen LogP contribution in [0, 0.1) is 5.92 Å². The second-order valence-electron chi connectivity index (χ2n) is 9.58. The van der Waals surface area contributed by atoms with Gasteiger partial charge in [-0.25, -0.2) is 8.42 Å². The first-order chi connectivity index (χ1) is 19.2. The van der Waals surface area contributed by atoms with E-state index in [1.165, 1.54) is 23.5 Å². The molecule has 11 nitrogen and oxygen atoms in total. The van der Waals surface area contributed by atoms with E-state index in [0.29, 0.717) is 71.5 Å². The van der Waals surface area contributed by atoms with E-state index in [0.717, 1.165) is 13.0 Å². The molecule has 0 aliphatic carbocycles. The van der Waals surface area contributed by atoms with Crippen molar-refractivity contribution in [3.05, 3.63) is 52.3 Å². The highest BCUT2D eigenvalue weighted by atomic mass is 35.5. The minimum Gasteiger partial charge on any atom is -0.495 e. The van der Waals surface area contributed by atoms with Crippen molar-refractivity contribution in [2.75, 3.05) is 51.8 Å². The number of rotatable bonds is 8. The minimum atomic E-state index is -3.74. The summed E-state index contributed by atoms with van der Waals surface area (Å²) < 4.78 is 43.8. The Kier molecular flexibility index (Phi) is 8.93. The van der Waals surface area contributed by atoms with Crippen LogP contribution >= 0.6 is 23.2 Å². The molecule has 0 bridgehead atoms. The van der Waals surface area contributed by atoms with Crippen molar-refractivity contribution < 1.29 is 27.2 Å². The summed E-state index contributed by atoms with van der Waals surface area (Å²) in [6.07, 6.45) is 1.48. The fourth-order valence-electron chi connectivity index (χ4n) is 4.82. The van der Waals surface area contributed by atoms with Gasteiger partial charge in [-0.15, -0.1) is 0 Å². The van der Waals surface area contributed by atoms with E-state index in [-0.39, 0.29) is 29.8 Å². The SMILES string of the molecule is COc1ccc(S(=O)(=O)N2CCOCC2)cc1NC(=O)C1CCCN(Cc2nc(-c3ccc(Cl)cc3Cl)no2)C1. The van der Waals surface area contributed by atoms with Crippen LogP contribution in [0.15, 0.2) is 45.8 Å². The summed E-state index contributed by atoms with van der Waals surface area (Å²) in [7, 11) is -2.26. The number of sulfonamides is 1. The molecule has 2 aliphatic rings. The number of methoxy groups -OCH3 is 1. The molecular formula is C26H29Cl2N5O6S. The number of amides is 1. The number of ether oxygens (including phenoxy) is 2. The van der Waals surface area contributed by atoms with Gasteiger partial charge in [0.1, 0.15) is 5.75 Å². The number of anilines is 1. The van der Waals surface area contributed by atoms with Gasteiger partial charge >= 0.3 is 0 Å². The topological polar surface area (TPSA) is 127 Å². The number of hydrogen-bond acceptors (Lipinski definition) is 9. The lowest BCUT2D eigenvalue weighted by Crippen LogP contribution is -2.41. The number of carbonyl (C=O) groups is 1. The van der Waals surface area contributed by atoms with Gasteiger partial charge in [-0.2, -0.15) is 9.29 Å². The van der Waals surface area contributed by atoms with Crippen LogP contribution in [0.4, 0.5) is 5.69 Å². The molecule has 214 valence electrons. The molecule has 2 fully saturated rings. The Morgan fingerprint density at radius 3 is 2.70 bits per heavy atom. The van der Waals surface area contributed by atoms with Crippen LogP contribution in [0.3, 0.4) is 0 Å². The number of halogens is 2. The summed E-state index contributed by atoms with van der Waals surface area (Å²) >= 11 is 12.2. The molecule has 0 saturated carbocycles. The van der Waals surface area contributed by atoms with Gasteiger partial charge in [0.15, 0.2) is 0 Å². The van der Waals surface area contributed by atoms with Gasteiger partial charge in [-0.3, -0.25) is 9.69 Å². The maximum atomic E-state index is 13.3. The maximum absolute atomic E-state index is 13.3. The van der Waals surface area contributed by atoms with Crippen molar-refractivity contribution in [1.82, 2.24) is 19.3 Å². The highest BCUT2D eigenvalue weighted by Crippen LogP contribution is 2.31. The first-order valence-corrected chi connectivity index (χ1v) is 15.0. The number of carbonyl (C=O) groups excluding carboxylic acids is 1. The summed E-state index contributed by atoms with van der Waals surface area (Å²) in [5.41, 5.74) is 0.920. The number of benzene rings is 2. The fourth-order valence-corrected chi connectivity index (χ4v) is 6.75. The van der Waals surface area contributed by atoms with Gasteiger partial charge < -0.3 is 19.3 Å². The Morgan fingerprint density at radius 1 is 1.15 bits per heavy atom. The van der Waals surface area contributed by atoms with Gasteiger partial charge in [-0.1, -0.05) is 28.4 Å². The Bertz CT molecular complexity index is 1480. The monoisotopic (exact) mass is 609 g/mol. The molecule has 40 heavy (non-hydrogen) atoms. The molecule has 5 rings (SSSR count). The lowest BCUT2D eigenvalue weighted by molar-refractivity contribution is -0.121. The molecule has 1 aromatic heterocycles. The van der Waals surface area contributed by atoms with Gasteiger partial charge in [0.25, 0.3) is 0 Å². The average molecular weight is 611 g/mol. The van der Waals surface area contributed by atoms with Crippen LogP contribution in [-0.2, 0) is 26.1 Å². The molecular weight excluding hydrogens is 581 g/mol. The molecule has 0 spiro atoms. The normalized spacial score (nSPS) is 18.9. The van der Waals surface area contributed by atoms with E-state index in [9.17, 15) is 13.2 Å². The van der Waals surface area contributed by atoms with Crippen molar-refractivity contribution in [3.63, 3.8) is 0 Å². The first-order valence-electron chi connectivity index (χ1n) is 12.8. The number of morpholine rings is 1. The summed E-state index contributed by atoms with van der Waals surface area (Å²) in [5.74, 6) is 0.599. The zero-order valence-electron chi connectivity index (χ0n) is 21.8. The highest BCUT2D eigenvalue weighted by molar-refractivity contribution is 7.89. The Morgan fingerprint density at radius 2 is 1.95 bits per heavy atom. The first kappa shape index (κ1) is 28.8. The van der Waals surface area contributed by atoms with Crippen LogP contribution < -0.4 is 10.1 Å². The van der Waals surface area contributed by atoms with Crippen LogP contribution in [0.2, 0.25) is 10.0 Å². The number of nitrogens with zero attached hydrogens (tertiary/aromatic N) is 4. The molecule has 3 heterocycles. The van der Waals surface area contributed by atoms with Crippen molar-refractivity contribution >= 4 is 44.8 Å². The van der Waals surface area contributed by atoms with Gasteiger partial charge in [0, 0.05) is 30.2 Å². The molecule has 1 unspecified atom stereocenters. The predicted octanol–water partition coefficient (Wildman–Crippen LogP) is 3.92. The third kappa shape index (κ3) is 6.42. The third-order valence-corrected chi connectivity index (χ3v) is 9.35. The van der Waals surface area contributed by atoms with E-state index in [1.807, 2.05) is 0 Å². The molecule has 1 amide bonds. The van der Waals surface area contributed by atoms with Crippen LogP contribution in [-0.4, -0.2) is 80.2 Å². The minimum absolute atomic E-state index is 0.0868. The lowest BCUT2D eigenvalue weighted by atomic mass is 9.97. The number of piperidine rings is 1. The molecule has 0 radical (unpaired) electrons. The Labute approximate surface area is 242 Å². The quantitative estimate of drug-likeness (QED) is 0.404. The number of likely N-dealkylation sites (tertiary alicyclic amines) is 1. The smallest absolute Gasteiger partial charge is 0.243 e. The third-order valence-electron chi connectivity index (χ3n) is 6.91. The van der Waals surface area contributed by atoms with Crippen molar-refractivity contribution in [1.29, 1.82) is 0 Å². The van der Waals surface area contributed by atoms with E-state index < -0.39 is 10.0 Å². The number of aromatic nitrogens is 2. The molecule has 1 N–H and O–H groups in total. The standard InChI is InChI=1S/C26H29Cl2N5O6S/c1-37-23-7-5-19(40(35,36)33-9-11-38-12-10-33)14-22(23)29-26(34)17-3-2-8-32(15-17)16-24-30-25(31-39-24)20-6-4-18(27)13-21(20)28/h4-7,13-14,17H,2-3,8-12,15-16H2,1H3,(H,29,34). The lowest BCUT2D eigenvalue weighted by Gasteiger charge is -2.31. The zero-order chi connectivity index (χ0) is 28.3. The Hall–Kier alpha value is -2.74. The van der Waals surface area contributed by atoms with E-state index in [4.69, 9.17) is 37.2 Å². The van der Waals surface area contributed by atoms with E-state index >= 15 is 0 Å². The summed E-state index contributed by atoms with van der Waals surface area (Å²) in [5, 5.41) is 7.87. The van der Waals surface area contributed by atoms with Crippen LogP contribution in [0.5, 0.6) is 5.75 Å². The number of hydrogen-bond donors (Lipinski definition) is 1. The molecule has 3 aromatic rings. The second-order valence-corrected chi connectivity index (χ2v) is 12.4. The van der Waals surface area contributed by atoms with Gasteiger partial charge in [0.2, 0.25) is 27.6 Å². The maximum Gasteiger partial charge on any atom is 0.243 e. The van der Waals surface area contributed by atoms with Crippen molar-refractivity contribution in [3.8, 4) is 17.1 Å². The average Bonchev–Trinajstić information content (AvgIpc) is 3.41. The second kappa shape index (κ2) is 12.4. The summed E-state index contributed by atoms with van der Waals surface area (Å²) in [6.45, 7) is 2.86.